The highest BCUT2D eigenvalue weighted by Crippen LogP contribution is 2.19. The summed E-state index contributed by atoms with van der Waals surface area (Å²) in [5, 5.41) is 2.92. The zero-order valence-electron chi connectivity index (χ0n) is 9.23. The van der Waals surface area contributed by atoms with Crippen LogP contribution in [0.3, 0.4) is 0 Å². The first kappa shape index (κ1) is 11.0. The smallest absolute Gasteiger partial charge is 0.234 e. The standard InChI is InChI=1S/C12H17N3O/c13-8-12(16)14-10-6-7-15(9-10)11-4-2-1-3-5-11/h1-5,10H,6-9,13H2,(H,14,16). The van der Waals surface area contributed by atoms with Crippen LogP contribution in [0.1, 0.15) is 6.42 Å². The van der Waals surface area contributed by atoms with E-state index in [1.54, 1.807) is 0 Å². The molecule has 86 valence electrons. The average Bonchev–Trinajstić information content (AvgIpc) is 2.78. The van der Waals surface area contributed by atoms with E-state index >= 15 is 0 Å². The Kier molecular flexibility index (Phi) is 3.41. The number of nitrogens with one attached hydrogen (secondary N) is 1. The van der Waals surface area contributed by atoms with Gasteiger partial charge in [0.1, 0.15) is 0 Å². The molecule has 4 nitrogen and oxygen atoms in total. The van der Waals surface area contributed by atoms with E-state index in [0.29, 0.717) is 0 Å². The third-order valence-corrected chi connectivity index (χ3v) is 2.86. The molecular formula is C12H17N3O. The van der Waals surface area contributed by atoms with Crippen LogP contribution in [0.15, 0.2) is 30.3 Å². The fourth-order valence-electron chi connectivity index (χ4n) is 2.04. The van der Waals surface area contributed by atoms with Crippen LogP contribution < -0.4 is 16.0 Å². The summed E-state index contributed by atoms with van der Waals surface area (Å²) in [6.45, 7) is 1.93. The van der Waals surface area contributed by atoms with Crippen molar-refractivity contribution >= 4 is 11.6 Å². The second-order valence-electron chi connectivity index (χ2n) is 4.04. The minimum Gasteiger partial charge on any atom is -0.369 e. The van der Waals surface area contributed by atoms with Gasteiger partial charge in [0.15, 0.2) is 0 Å². The molecule has 1 saturated heterocycles. The number of rotatable bonds is 3. The number of carbonyl (C=O) groups is 1. The van der Waals surface area contributed by atoms with Crippen molar-refractivity contribution in [1.82, 2.24) is 5.32 Å². The average molecular weight is 219 g/mol. The number of amides is 1. The molecule has 1 heterocycles. The van der Waals surface area contributed by atoms with E-state index in [9.17, 15) is 4.79 Å². The molecule has 0 saturated carbocycles. The fraction of sp³-hybridized carbons (Fsp3) is 0.417. The van der Waals surface area contributed by atoms with Gasteiger partial charge in [-0.1, -0.05) is 18.2 Å². The molecule has 1 aromatic carbocycles. The molecule has 1 amide bonds. The van der Waals surface area contributed by atoms with Gasteiger partial charge in [0.2, 0.25) is 5.91 Å². The van der Waals surface area contributed by atoms with Crippen molar-refractivity contribution in [2.24, 2.45) is 5.73 Å². The molecule has 0 radical (unpaired) electrons. The minimum atomic E-state index is -0.0695. The number of benzene rings is 1. The Bertz CT molecular complexity index is 353. The molecule has 4 heteroatoms. The number of hydrogen-bond acceptors (Lipinski definition) is 3. The van der Waals surface area contributed by atoms with Crippen LogP contribution in [-0.4, -0.2) is 31.6 Å². The molecule has 1 aliphatic heterocycles. The van der Waals surface area contributed by atoms with Crippen molar-refractivity contribution in [2.75, 3.05) is 24.5 Å². The van der Waals surface area contributed by atoms with Gasteiger partial charge >= 0.3 is 0 Å². The molecule has 1 aliphatic rings. The van der Waals surface area contributed by atoms with Gasteiger partial charge in [-0.2, -0.15) is 0 Å². The first-order valence-electron chi connectivity index (χ1n) is 5.59. The van der Waals surface area contributed by atoms with Gasteiger partial charge in [0.25, 0.3) is 0 Å². The lowest BCUT2D eigenvalue weighted by Crippen LogP contribution is -2.40. The molecule has 0 spiro atoms. The van der Waals surface area contributed by atoms with E-state index < -0.39 is 0 Å². The number of para-hydroxylation sites is 1. The van der Waals surface area contributed by atoms with E-state index in [0.717, 1.165) is 19.5 Å². The molecule has 1 aromatic rings. The van der Waals surface area contributed by atoms with Gasteiger partial charge in [-0.15, -0.1) is 0 Å². The highest BCUT2D eigenvalue weighted by atomic mass is 16.1. The molecule has 2 rings (SSSR count). The van der Waals surface area contributed by atoms with Gasteiger partial charge in [-0.25, -0.2) is 0 Å². The highest BCUT2D eigenvalue weighted by molar-refractivity contribution is 5.78. The molecule has 1 atom stereocenters. The van der Waals surface area contributed by atoms with Gasteiger partial charge in [-0.05, 0) is 18.6 Å². The largest absolute Gasteiger partial charge is 0.369 e. The van der Waals surface area contributed by atoms with Gasteiger partial charge in [-0.3, -0.25) is 4.79 Å². The van der Waals surface area contributed by atoms with Crippen LogP contribution >= 0.6 is 0 Å². The lowest BCUT2D eigenvalue weighted by molar-refractivity contribution is -0.120. The molecule has 3 N–H and O–H groups in total. The van der Waals surface area contributed by atoms with Crippen LogP contribution in [0.4, 0.5) is 5.69 Å². The lowest BCUT2D eigenvalue weighted by Gasteiger charge is -2.18. The maximum absolute atomic E-state index is 11.2. The zero-order chi connectivity index (χ0) is 11.4. The van der Waals surface area contributed by atoms with E-state index in [4.69, 9.17) is 5.73 Å². The first-order chi connectivity index (χ1) is 7.79. The van der Waals surface area contributed by atoms with Gasteiger partial charge in [0.05, 0.1) is 6.54 Å². The van der Waals surface area contributed by atoms with E-state index in [1.165, 1.54) is 5.69 Å². The first-order valence-corrected chi connectivity index (χ1v) is 5.59. The molecule has 0 aromatic heterocycles. The summed E-state index contributed by atoms with van der Waals surface area (Å²) in [4.78, 5) is 13.4. The Labute approximate surface area is 95.4 Å². The summed E-state index contributed by atoms with van der Waals surface area (Å²) in [7, 11) is 0. The topological polar surface area (TPSA) is 58.4 Å². The Morgan fingerprint density at radius 2 is 2.19 bits per heavy atom. The predicted octanol–water partition coefficient (Wildman–Crippen LogP) is 0.340. The summed E-state index contributed by atoms with van der Waals surface area (Å²) in [6.07, 6.45) is 0.987. The Morgan fingerprint density at radius 3 is 2.88 bits per heavy atom. The Hall–Kier alpha value is -1.55. The summed E-state index contributed by atoms with van der Waals surface area (Å²) in [5.41, 5.74) is 6.49. The van der Waals surface area contributed by atoms with Crippen molar-refractivity contribution in [3.63, 3.8) is 0 Å². The van der Waals surface area contributed by atoms with Crippen LogP contribution in [0.2, 0.25) is 0 Å². The van der Waals surface area contributed by atoms with E-state index in [2.05, 4.69) is 22.3 Å². The quantitative estimate of drug-likeness (QED) is 0.770. The molecular weight excluding hydrogens is 202 g/mol. The van der Waals surface area contributed by atoms with Crippen molar-refractivity contribution < 1.29 is 4.79 Å². The SMILES string of the molecule is NCC(=O)NC1CCN(c2ccccc2)C1. The van der Waals surface area contributed by atoms with Gasteiger partial charge < -0.3 is 16.0 Å². The Morgan fingerprint density at radius 1 is 1.44 bits per heavy atom. The van der Waals surface area contributed by atoms with Crippen molar-refractivity contribution in [2.45, 2.75) is 12.5 Å². The predicted molar refractivity (Wildman–Crippen MR) is 64.3 cm³/mol. The Balaban J connectivity index is 1.91. The zero-order valence-corrected chi connectivity index (χ0v) is 9.23. The van der Waals surface area contributed by atoms with Crippen molar-refractivity contribution in [1.29, 1.82) is 0 Å². The summed E-state index contributed by atoms with van der Waals surface area (Å²) < 4.78 is 0. The summed E-state index contributed by atoms with van der Waals surface area (Å²) >= 11 is 0. The van der Waals surface area contributed by atoms with Crippen molar-refractivity contribution in [3.05, 3.63) is 30.3 Å². The number of carbonyl (C=O) groups excluding carboxylic acids is 1. The maximum atomic E-state index is 11.2. The van der Waals surface area contributed by atoms with Crippen LogP contribution in [0.25, 0.3) is 0 Å². The van der Waals surface area contributed by atoms with Crippen molar-refractivity contribution in [3.8, 4) is 0 Å². The third kappa shape index (κ3) is 2.52. The minimum absolute atomic E-state index is 0.0695. The molecule has 1 fully saturated rings. The van der Waals surface area contributed by atoms with Gasteiger partial charge in [0, 0.05) is 24.8 Å². The summed E-state index contributed by atoms with van der Waals surface area (Å²) in [6, 6.07) is 10.5. The second-order valence-corrected chi connectivity index (χ2v) is 4.04. The molecule has 0 aliphatic carbocycles. The number of nitrogens with two attached hydrogens (primary N) is 1. The lowest BCUT2D eigenvalue weighted by atomic mass is 10.2. The van der Waals surface area contributed by atoms with Crippen LogP contribution in [-0.2, 0) is 4.79 Å². The van der Waals surface area contributed by atoms with E-state index in [-0.39, 0.29) is 18.5 Å². The van der Waals surface area contributed by atoms with Crippen LogP contribution in [0.5, 0.6) is 0 Å². The molecule has 0 bridgehead atoms. The monoisotopic (exact) mass is 219 g/mol. The third-order valence-electron chi connectivity index (χ3n) is 2.86. The number of hydrogen-bond donors (Lipinski definition) is 2. The molecule has 1 unspecified atom stereocenters. The summed E-state index contributed by atoms with van der Waals surface area (Å²) in [5.74, 6) is -0.0695. The second kappa shape index (κ2) is 4.99. The number of nitrogens with zero attached hydrogens (tertiary/aromatic N) is 1. The highest BCUT2D eigenvalue weighted by Gasteiger charge is 2.23. The van der Waals surface area contributed by atoms with Crippen LogP contribution in [0, 0.1) is 0 Å². The fourth-order valence-corrected chi connectivity index (χ4v) is 2.04. The molecule has 16 heavy (non-hydrogen) atoms. The van der Waals surface area contributed by atoms with E-state index in [1.807, 2.05) is 18.2 Å². The normalized spacial score (nSPS) is 19.8. The number of anilines is 1. The maximum Gasteiger partial charge on any atom is 0.234 e.